The number of fused-ring (bicyclic) bond motifs is 1. The van der Waals surface area contributed by atoms with Gasteiger partial charge in [0.25, 0.3) is 0 Å². The van der Waals surface area contributed by atoms with Crippen LogP contribution in [0.1, 0.15) is 18.4 Å². The Balaban J connectivity index is 1.80. The van der Waals surface area contributed by atoms with Crippen molar-refractivity contribution in [3.63, 3.8) is 0 Å². The monoisotopic (exact) mass is 271 g/mol. The van der Waals surface area contributed by atoms with Crippen LogP contribution in [-0.2, 0) is 11.3 Å². The van der Waals surface area contributed by atoms with Crippen LogP contribution in [-0.4, -0.2) is 26.3 Å². The molecule has 3 nitrogen and oxygen atoms in total. The molecule has 106 valence electrons. The molecule has 1 N–H and O–H groups in total. The van der Waals surface area contributed by atoms with E-state index < -0.39 is 0 Å². The predicted molar refractivity (Wildman–Crippen MR) is 81.2 cm³/mol. The molecule has 2 aromatic carbocycles. The molecule has 0 aliphatic carbocycles. The minimum absolute atomic E-state index is 0.319. The molecule has 1 aliphatic heterocycles. The van der Waals surface area contributed by atoms with Crippen molar-refractivity contribution in [2.24, 2.45) is 0 Å². The third-order valence-electron chi connectivity index (χ3n) is 3.89. The van der Waals surface area contributed by atoms with Crippen LogP contribution in [0, 0.1) is 0 Å². The Kier molecular flexibility index (Phi) is 4.19. The maximum Gasteiger partial charge on any atom is 0.132 e. The SMILES string of the molecule is COc1c(COC2CCCNC2)ccc2ccccc12. The zero-order chi connectivity index (χ0) is 13.8. The summed E-state index contributed by atoms with van der Waals surface area (Å²) < 4.78 is 11.6. The van der Waals surface area contributed by atoms with Gasteiger partial charge in [0.05, 0.1) is 19.8 Å². The summed E-state index contributed by atoms with van der Waals surface area (Å²) in [6.45, 7) is 2.68. The largest absolute Gasteiger partial charge is 0.496 e. The first kappa shape index (κ1) is 13.4. The van der Waals surface area contributed by atoms with Gasteiger partial charge in [-0.25, -0.2) is 0 Å². The topological polar surface area (TPSA) is 30.5 Å². The van der Waals surface area contributed by atoms with Crippen LogP contribution in [0.3, 0.4) is 0 Å². The van der Waals surface area contributed by atoms with E-state index in [2.05, 4.69) is 29.6 Å². The first-order valence-electron chi connectivity index (χ1n) is 7.25. The number of methoxy groups -OCH3 is 1. The van der Waals surface area contributed by atoms with Crippen molar-refractivity contribution in [1.82, 2.24) is 5.32 Å². The van der Waals surface area contributed by atoms with Crippen LogP contribution >= 0.6 is 0 Å². The van der Waals surface area contributed by atoms with E-state index in [9.17, 15) is 0 Å². The van der Waals surface area contributed by atoms with Gasteiger partial charge in [0.1, 0.15) is 5.75 Å². The molecular weight excluding hydrogens is 250 g/mol. The van der Waals surface area contributed by atoms with E-state index in [1.807, 2.05) is 12.1 Å². The van der Waals surface area contributed by atoms with Crippen molar-refractivity contribution < 1.29 is 9.47 Å². The van der Waals surface area contributed by atoms with Crippen LogP contribution < -0.4 is 10.1 Å². The molecule has 1 saturated heterocycles. The van der Waals surface area contributed by atoms with Crippen molar-refractivity contribution in [2.45, 2.75) is 25.6 Å². The first-order valence-corrected chi connectivity index (χ1v) is 7.25. The molecule has 0 amide bonds. The summed E-state index contributed by atoms with van der Waals surface area (Å²) in [6, 6.07) is 12.5. The third-order valence-corrected chi connectivity index (χ3v) is 3.89. The van der Waals surface area contributed by atoms with Gasteiger partial charge >= 0.3 is 0 Å². The Morgan fingerprint density at radius 3 is 2.90 bits per heavy atom. The molecule has 0 aromatic heterocycles. The zero-order valence-corrected chi connectivity index (χ0v) is 11.9. The van der Waals surface area contributed by atoms with E-state index in [1.54, 1.807) is 7.11 Å². The highest BCUT2D eigenvalue weighted by atomic mass is 16.5. The van der Waals surface area contributed by atoms with Gasteiger partial charge in [-0.3, -0.25) is 0 Å². The van der Waals surface area contributed by atoms with Gasteiger partial charge in [0.2, 0.25) is 0 Å². The lowest BCUT2D eigenvalue weighted by atomic mass is 10.1. The fourth-order valence-corrected chi connectivity index (χ4v) is 2.81. The number of hydrogen-bond donors (Lipinski definition) is 1. The van der Waals surface area contributed by atoms with Crippen LogP contribution in [0.15, 0.2) is 36.4 Å². The Bertz CT molecular complexity index is 576. The highest BCUT2D eigenvalue weighted by Crippen LogP contribution is 2.30. The Labute approximate surface area is 119 Å². The van der Waals surface area contributed by atoms with Gasteiger partial charge in [0, 0.05) is 17.5 Å². The van der Waals surface area contributed by atoms with Gasteiger partial charge in [0.15, 0.2) is 0 Å². The highest BCUT2D eigenvalue weighted by molar-refractivity contribution is 5.89. The lowest BCUT2D eigenvalue weighted by molar-refractivity contribution is 0.0245. The average Bonchev–Trinajstić information content (AvgIpc) is 2.53. The second-order valence-electron chi connectivity index (χ2n) is 5.26. The maximum absolute atomic E-state index is 6.02. The lowest BCUT2D eigenvalue weighted by Gasteiger charge is -2.23. The molecule has 1 unspecified atom stereocenters. The van der Waals surface area contributed by atoms with Gasteiger partial charge in [-0.05, 0) is 24.8 Å². The average molecular weight is 271 g/mol. The molecule has 2 aromatic rings. The minimum atomic E-state index is 0.319. The molecular formula is C17H21NO2. The van der Waals surface area contributed by atoms with E-state index in [0.29, 0.717) is 12.7 Å². The Morgan fingerprint density at radius 2 is 2.10 bits per heavy atom. The van der Waals surface area contributed by atoms with E-state index in [4.69, 9.17) is 9.47 Å². The van der Waals surface area contributed by atoms with Gasteiger partial charge in [-0.1, -0.05) is 36.4 Å². The molecule has 1 heterocycles. The predicted octanol–water partition coefficient (Wildman–Crippen LogP) is 3.12. The van der Waals surface area contributed by atoms with Gasteiger partial charge < -0.3 is 14.8 Å². The van der Waals surface area contributed by atoms with Crippen LogP contribution in [0.4, 0.5) is 0 Å². The van der Waals surface area contributed by atoms with Crippen molar-refractivity contribution in [1.29, 1.82) is 0 Å². The molecule has 0 radical (unpaired) electrons. The molecule has 3 rings (SSSR count). The summed E-state index contributed by atoms with van der Waals surface area (Å²) in [7, 11) is 1.73. The second-order valence-corrected chi connectivity index (χ2v) is 5.26. The molecule has 1 fully saturated rings. The lowest BCUT2D eigenvalue weighted by Crippen LogP contribution is -2.35. The maximum atomic E-state index is 6.02. The Hall–Kier alpha value is -1.58. The van der Waals surface area contributed by atoms with Crippen LogP contribution in [0.5, 0.6) is 5.75 Å². The van der Waals surface area contributed by atoms with Gasteiger partial charge in [-0.15, -0.1) is 0 Å². The summed E-state index contributed by atoms with van der Waals surface area (Å²) in [4.78, 5) is 0. The molecule has 0 spiro atoms. The summed E-state index contributed by atoms with van der Waals surface area (Å²) >= 11 is 0. The van der Waals surface area contributed by atoms with Crippen molar-refractivity contribution >= 4 is 10.8 Å². The molecule has 1 aliphatic rings. The molecule has 3 heteroatoms. The standard InChI is InChI=1S/C17H21NO2/c1-19-17-14(12-20-15-6-4-10-18-11-15)9-8-13-5-2-3-7-16(13)17/h2-3,5,7-9,15,18H,4,6,10-12H2,1H3. The van der Waals surface area contributed by atoms with E-state index in [-0.39, 0.29) is 0 Å². The number of ether oxygens (including phenoxy) is 2. The molecule has 0 bridgehead atoms. The number of nitrogens with one attached hydrogen (secondary N) is 1. The van der Waals surface area contributed by atoms with E-state index in [0.717, 1.165) is 36.2 Å². The number of hydrogen-bond acceptors (Lipinski definition) is 3. The molecule has 20 heavy (non-hydrogen) atoms. The number of benzene rings is 2. The van der Waals surface area contributed by atoms with Gasteiger partial charge in [-0.2, -0.15) is 0 Å². The summed E-state index contributed by atoms with van der Waals surface area (Å²) in [5.41, 5.74) is 1.12. The second kappa shape index (κ2) is 6.25. The van der Waals surface area contributed by atoms with E-state index >= 15 is 0 Å². The van der Waals surface area contributed by atoms with Crippen molar-refractivity contribution in [2.75, 3.05) is 20.2 Å². The quantitative estimate of drug-likeness (QED) is 0.927. The van der Waals surface area contributed by atoms with Crippen molar-refractivity contribution in [3.8, 4) is 5.75 Å². The third kappa shape index (κ3) is 2.79. The molecule has 1 atom stereocenters. The Morgan fingerprint density at radius 1 is 1.20 bits per heavy atom. The fraction of sp³-hybridized carbons (Fsp3) is 0.412. The van der Waals surface area contributed by atoms with Crippen molar-refractivity contribution in [3.05, 3.63) is 42.0 Å². The minimum Gasteiger partial charge on any atom is -0.496 e. The summed E-state index contributed by atoms with van der Waals surface area (Å²) in [5.74, 6) is 0.937. The van der Waals surface area contributed by atoms with Crippen LogP contribution in [0.25, 0.3) is 10.8 Å². The summed E-state index contributed by atoms with van der Waals surface area (Å²) in [6.07, 6.45) is 2.66. The zero-order valence-electron chi connectivity index (χ0n) is 11.9. The first-order chi connectivity index (χ1) is 9.88. The van der Waals surface area contributed by atoms with E-state index in [1.165, 1.54) is 11.8 Å². The van der Waals surface area contributed by atoms with Crippen LogP contribution in [0.2, 0.25) is 0 Å². The normalized spacial score (nSPS) is 19.1. The molecule has 0 saturated carbocycles. The number of piperidine rings is 1. The highest BCUT2D eigenvalue weighted by Gasteiger charge is 2.15. The summed E-state index contributed by atoms with van der Waals surface area (Å²) in [5, 5.41) is 5.73. The smallest absolute Gasteiger partial charge is 0.132 e. The number of rotatable bonds is 4. The fourth-order valence-electron chi connectivity index (χ4n) is 2.81.